The number of carboxylic acid groups (broad SMARTS) is 1. The van der Waals surface area contributed by atoms with Crippen molar-refractivity contribution in [1.82, 2.24) is 15.0 Å². The van der Waals surface area contributed by atoms with Gasteiger partial charge in [-0.05, 0) is 42.8 Å². The first-order chi connectivity index (χ1) is 13.6. The molecule has 0 aliphatic heterocycles. The Balaban J connectivity index is 1.98. The number of aliphatic hydroxyl groups excluding tert-OH is 1. The SMILES string of the molecule is CC(O)c1ccc(-c2cc(Nc3nccc(C(F)(F)F)n3)cc(C(=O)O)c2)cn1. The number of anilines is 2. The van der Waals surface area contributed by atoms with Gasteiger partial charge in [0.25, 0.3) is 0 Å². The van der Waals surface area contributed by atoms with E-state index in [0.717, 1.165) is 12.3 Å². The maximum absolute atomic E-state index is 12.8. The fourth-order valence-corrected chi connectivity index (χ4v) is 2.52. The maximum Gasteiger partial charge on any atom is 0.433 e. The molecule has 2 heterocycles. The summed E-state index contributed by atoms with van der Waals surface area (Å²) < 4.78 is 38.5. The predicted octanol–water partition coefficient (Wildman–Crippen LogP) is 4.05. The molecule has 0 bridgehead atoms. The second kappa shape index (κ2) is 7.84. The van der Waals surface area contributed by atoms with Gasteiger partial charge < -0.3 is 15.5 Å². The molecule has 3 aromatic rings. The van der Waals surface area contributed by atoms with E-state index in [2.05, 4.69) is 20.3 Å². The average Bonchev–Trinajstić information content (AvgIpc) is 2.67. The number of aliphatic hydroxyl groups is 1. The van der Waals surface area contributed by atoms with Gasteiger partial charge in [0.1, 0.15) is 5.69 Å². The number of pyridine rings is 1. The highest BCUT2D eigenvalue weighted by Crippen LogP contribution is 2.29. The number of nitrogens with zero attached hydrogens (tertiary/aromatic N) is 3. The molecular weight excluding hydrogens is 389 g/mol. The van der Waals surface area contributed by atoms with E-state index in [-0.39, 0.29) is 17.2 Å². The number of hydrogen-bond acceptors (Lipinski definition) is 6. The molecular formula is C19H15F3N4O3. The van der Waals surface area contributed by atoms with Crippen LogP contribution in [0.15, 0.2) is 48.8 Å². The number of hydrogen-bond donors (Lipinski definition) is 3. The molecule has 0 saturated carbocycles. The Morgan fingerprint density at radius 1 is 1.10 bits per heavy atom. The highest BCUT2D eigenvalue weighted by molar-refractivity contribution is 5.91. The standard InChI is InChI=1S/C19H15F3N4O3/c1-10(27)15-3-2-11(9-24-15)12-6-13(17(28)29)8-14(7-12)25-18-23-5-4-16(26-18)19(20,21)22/h2-10,27H,1H3,(H,28,29)(H,23,25,26). The summed E-state index contributed by atoms with van der Waals surface area (Å²) in [5.74, 6) is -1.54. The summed E-state index contributed by atoms with van der Waals surface area (Å²) in [4.78, 5) is 22.7. The van der Waals surface area contributed by atoms with Crippen LogP contribution in [-0.4, -0.2) is 31.1 Å². The minimum atomic E-state index is -4.63. The van der Waals surface area contributed by atoms with E-state index in [1.807, 2.05) is 0 Å². The van der Waals surface area contributed by atoms with E-state index in [1.54, 1.807) is 19.1 Å². The van der Waals surface area contributed by atoms with Crippen LogP contribution in [0.3, 0.4) is 0 Å². The third-order valence-corrected chi connectivity index (χ3v) is 3.93. The molecule has 10 heteroatoms. The molecule has 1 unspecified atom stereocenters. The summed E-state index contributed by atoms with van der Waals surface area (Å²) in [5, 5.41) is 21.5. The van der Waals surface area contributed by atoms with Gasteiger partial charge in [0.05, 0.1) is 17.4 Å². The first-order valence-electron chi connectivity index (χ1n) is 8.33. The minimum absolute atomic E-state index is 0.0865. The molecule has 0 amide bonds. The number of alkyl halides is 3. The maximum atomic E-state index is 12.8. The molecule has 0 radical (unpaired) electrons. The lowest BCUT2D eigenvalue weighted by Gasteiger charge is -2.11. The van der Waals surface area contributed by atoms with Crippen LogP contribution in [0, 0.1) is 0 Å². The van der Waals surface area contributed by atoms with E-state index >= 15 is 0 Å². The summed E-state index contributed by atoms with van der Waals surface area (Å²) in [7, 11) is 0. The first kappa shape index (κ1) is 20.2. The van der Waals surface area contributed by atoms with Gasteiger partial charge in [-0.25, -0.2) is 14.8 Å². The zero-order valence-corrected chi connectivity index (χ0v) is 15.0. The first-order valence-corrected chi connectivity index (χ1v) is 8.33. The van der Waals surface area contributed by atoms with Crippen LogP contribution in [0.2, 0.25) is 0 Å². The van der Waals surface area contributed by atoms with Crippen molar-refractivity contribution in [3.05, 3.63) is 65.7 Å². The van der Waals surface area contributed by atoms with Crippen LogP contribution in [-0.2, 0) is 6.18 Å². The van der Waals surface area contributed by atoms with Gasteiger partial charge >= 0.3 is 12.1 Å². The summed E-state index contributed by atoms with van der Waals surface area (Å²) in [6.45, 7) is 1.56. The van der Waals surface area contributed by atoms with Crippen molar-refractivity contribution in [3.8, 4) is 11.1 Å². The molecule has 2 aromatic heterocycles. The molecule has 0 saturated heterocycles. The van der Waals surface area contributed by atoms with Crippen LogP contribution in [0.5, 0.6) is 0 Å². The molecule has 29 heavy (non-hydrogen) atoms. The van der Waals surface area contributed by atoms with Crippen LogP contribution >= 0.6 is 0 Å². The van der Waals surface area contributed by atoms with Gasteiger partial charge in [-0.15, -0.1) is 0 Å². The van der Waals surface area contributed by atoms with Crippen LogP contribution < -0.4 is 5.32 Å². The fourth-order valence-electron chi connectivity index (χ4n) is 2.52. The predicted molar refractivity (Wildman–Crippen MR) is 97.6 cm³/mol. The highest BCUT2D eigenvalue weighted by Gasteiger charge is 2.32. The van der Waals surface area contributed by atoms with Gasteiger partial charge in [0, 0.05) is 23.6 Å². The molecule has 7 nitrogen and oxygen atoms in total. The molecule has 1 aromatic carbocycles. The van der Waals surface area contributed by atoms with Gasteiger partial charge in [-0.3, -0.25) is 4.98 Å². The Morgan fingerprint density at radius 3 is 2.45 bits per heavy atom. The van der Waals surface area contributed by atoms with Crippen LogP contribution in [0.25, 0.3) is 11.1 Å². The number of rotatable bonds is 5. The second-order valence-electron chi connectivity index (χ2n) is 6.14. The molecule has 1 atom stereocenters. The molecule has 0 fully saturated rings. The van der Waals surface area contributed by atoms with E-state index in [1.165, 1.54) is 24.4 Å². The monoisotopic (exact) mass is 404 g/mol. The average molecular weight is 404 g/mol. The molecule has 150 valence electrons. The van der Waals surface area contributed by atoms with Crippen molar-refractivity contribution in [1.29, 1.82) is 0 Å². The lowest BCUT2D eigenvalue weighted by atomic mass is 10.0. The summed E-state index contributed by atoms with van der Waals surface area (Å²) in [6.07, 6.45) is -2.97. The Labute approximate surface area is 162 Å². The number of aromatic nitrogens is 3. The largest absolute Gasteiger partial charge is 0.478 e. The smallest absolute Gasteiger partial charge is 0.433 e. The number of aromatic carboxylic acids is 1. The summed E-state index contributed by atoms with van der Waals surface area (Å²) in [6, 6.07) is 8.18. The quantitative estimate of drug-likeness (QED) is 0.589. The summed E-state index contributed by atoms with van der Waals surface area (Å²) in [5.41, 5.74) is 0.450. The molecule has 3 rings (SSSR count). The second-order valence-corrected chi connectivity index (χ2v) is 6.14. The number of benzene rings is 1. The lowest BCUT2D eigenvalue weighted by molar-refractivity contribution is -0.141. The molecule has 0 aliphatic rings. The third kappa shape index (κ3) is 4.85. The number of halogens is 3. The Hall–Kier alpha value is -3.53. The Kier molecular flexibility index (Phi) is 5.46. The van der Waals surface area contributed by atoms with Gasteiger partial charge in [0.2, 0.25) is 5.95 Å². The van der Waals surface area contributed by atoms with E-state index < -0.39 is 23.9 Å². The van der Waals surface area contributed by atoms with E-state index in [9.17, 15) is 28.2 Å². The Bertz CT molecular complexity index is 1040. The van der Waals surface area contributed by atoms with Gasteiger partial charge in [-0.1, -0.05) is 6.07 Å². The molecule has 3 N–H and O–H groups in total. The van der Waals surface area contributed by atoms with Crippen LogP contribution in [0.1, 0.15) is 34.8 Å². The topological polar surface area (TPSA) is 108 Å². The van der Waals surface area contributed by atoms with Gasteiger partial charge in [0.15, 0.2) is 0 Å². The summed E-state index contributed by atoms with van der Waals surface area (Å²) >= 11 is 0. The van der Waals surface area contributed by atoms with Crippen molar-refractivity contribution < 1.29 is 28.2 Å². The zero-order valence-electron chi connectivity index (χ0n) is 15.0. The molecule has 0 aliphatic carbocycles. The number of carbonyl (C=O) groups is 1. The van der Waals surface area contributed by atoms with Crippen LogP contribution in [0.4, 0.5) is 24.8 Å². The van der Waals surface area contributed by atoms with E-state index in [0.29, 0.717) is 16.8 Å². The minimum Gasteiger partial charge on any atom is -0.478 e. The fraction of sp³-hybridized carbons (Fsp3) is 0.158. The van der Waals surface area contributed by atoms with Crippen molar-refractivity contribution in [3.63, 3.8) is 0 Å². The zero-order chi connectivity index (χ0) is 21.2. The van der Waals surface area contributed by atoms with Crippen molar-refractivity contribution >= 4 is 17.6 Å². The number of carboxylic acids is 1. The lowest BCUT2D eigenvalue weighted by Crippen LogP contribution is -2.10. The normalized spacial score (nSPS) is 12.4. The highest BCUT2D eigenvalue weighted by atomic mass is 19.4. The van der Waals surface area contributed by atoms with E-state index in [4.69, 9.17) is 0 Å². The van der Waals surface area contributed by atoms with Crippen molar-refractivity contribution in [2.45, 2.75) is 19.2 Å². The van der Waals surface area contributed by atoms with Crippen molar-refractivity contribution in [2.75, 3.05) is 5.32 Å². The third-order valence-electron chi connectivity index (χ3n) is 3.93. The molecule has 0 spiro atoms. The Morgan fingerprint density at radius 2 is 1.86 bits per heavy atom. The van der Waals surface area contributed by atoms with Crippen molar-refractivity contribution in [2.24, 2.45) is 0 Å². The number of nitrogens with one attached hydrogen (secondary N) is 1. The van der Waals surface area contributed by atoms with Gasteiger partial charge in [-0.2, -0.15) is 13.2 Å².